The normalized spacial score (nSPS) is 10.3. The van der Waals surface area contributed by atoms with E-state index in [1.54, 1.807) is 28.4 Å². The molecular weight excluding hydrogens is 294 g/mol. The van der Waals surface area contributed by atoms with Crippen molar-refractivity contribution in [2.45, 2.75) is 13.1 Å². The highest BCUT2D eigenvalue weighted by molar-refractivity contribution is 5.41. The van der Waals surface area contributed by atoms with Gasteiger partial charge >= 0.3 is 0 Å². The van der Waals surface area contributed by atoms with Crippen molar-refractivity contribution in [1.29, 1.82) is 0 Å². The van der Waals surface area contributed by atoms with Crippen molar-refractivity contribution in [1.82, 2.24) is 5.32 Å². The zero-order valence-corrected chi connectivity index (χ0v) is 14.0. The van der Waals surface area contributed by atoms with Gasteiger partial charge in [-0.3, -0.25) is 0 Å². The molecule has 0 saturated carbocycles. The highest BCUT2D eigenvalue weighted by Crippen LogP contribution is 2.25. The standard InChI is InChI=1S/C18H23NO4/c1-20-15-6-5-14(18(10-15)23-4)12-19-11-13-7-16(21-2)9-17(8-13)22-3/h5-10,19H,11-12H2,1-4H3. The molecule has 0 bridgehead atoms. The van der Waals surface area contributed by atoms with Crippen LogP contribution in [-0.4, -0.2) is 28.4 Å². The predicted octanol–water partition coefficient (Wildman–Crippen LogP) is 3.01. The Kier molecular flexibility index (Phi) is 6.11. The maximum absolute atomic E-state index is 5.40. The van der Waals surface area contributed by atoms with Crippen LogP contribution in [0.2, 0.25) is 0 Å². The molecule has 5 heteroatoms. The van der Waals surface area contributed by atoms with Gasteiger partial charge in [0.05, 0.1) is 28.4 Å². The second kappa shape index (κ2) is 8.29. The smallest absolute Gasteiger partial charge is 0.127 e. The Morgan fingerprint density at radius 2 is 1.35 bits per heavy atom. The van der Waals surface area contributed by atoms with Crippen LogP contribution in [0.4, 0.5) is 0 Å². The second-order valence-corrected chi connectivity index (χ2v) is 5.00. The topological polar surface area (TPSA) is 49.0 Å². The predicted molar refractivity (Wildman–Crippen MR) is 89.6 cm³/mol. The molecule has 0 aliphatic carbocycles. The van der Waals surface area contributed by atoms with Crippen LogP contribution in [0.5, 0.6) is 23.0 Å². The van der Waals surface area contributed by atoms with Crippen molar-refractivity contribution >= 4 is 0 Å². The van der Waals surface area contributed by atoms with Crippen LogP contribution < -0.4 is 24.3 Å². The van der Waals surface area contributed by atoms with Crippen LogP contribution in [0.25, 0.3) is 0 Å². The van der Waals surface area contributed by atoms with E-state index in [2.05, 4.69) is 5.32 Å². The maximum Gasteiger partial charge on any atom is 0.127 e. The lowest BCUT2D eigenvalue weighted by Gasteiger charge is -2.12. The monoisotopic (exact) mass is 317 g/mol. The fourth-order valence-electron chi connectivity index (χ4n) is 2.31. The van der Waals surface area contributed by atoms with E-state index in [4.69, 9.17) is 18.9 Å². The number of nitrogens with one attached hydrogen (secondary N) is 1. The van der Waals surface area contributed by atoms with Gasteiger partial charge in [-0.25, -0.2) is 0 Å². The Morgan fingerprint density at radius 3 is 1.91 bits per heavy atom. The molecule has 1 N–H and O–H groups in total. The van der Waals surface area contributed by atoms with Crippen molar-refractivity contribution in [3.63, 3.8) is 0 Å². The summed E-state index contributed by atoms with van der Waals surface area (Å²) in [6.07, 6.45) is 0. The minimum Gasteiger partial charge on any atom is -0.497 e. The van der Waals surface area contributed by atoms with Gasteiger partial charge in [-0.1, -0.05) is 6.07 Å². The summed E-state index contributed by atoms with van der Waals surface area (Å²) in [5.41, 5.74) is 2.16. The van der Waals surface area contributed by atoms with E-state index in [0.717, 1.165) is 34.1 Å². The van der Waals surface area contributed by atoms with E-state index < -0.39 is 0 Å². The van der Waals surface area contributed by atoms with Crippen LogP contribution in [-0.2, 0) is 13.1 Å². The molecule has 0 atom stereocenters. The number of hydrogen-bond donors (Lipinski definition) is 1. The highest BCUT2D eigenvalue weighted by Gasteiger charge is 2.06. The van der Waals surface area contributed by atoms with Crippen LogP contribution >= 0.6 is 0 Å². The molecule has 0 unspecified atom stereocenters. The largest absolute Gasteiger partial charge is 0.497 e. The first kappa shape index (κ1) is 17.0. The van der Waals surface area contributed by atoms with Gasteiger partial charge in [-0.15, -0.1) is 0 Å². The first-order valence-electron chi connectivity index (χ1n) is 7.33. The van der Waals surface area contributed by atoms with Crippen LogP contribution in [0.3, 0.4) is 0 Å². The average Bonchev–Trinajstić information content (AvgIpc) is 2.61. The first-order chi connectivity index (χ1) is 11.2. The van der Waals surface area contributed by atoms with Crippen LogP contribution in [0.1, 0.15) is 11.1 Å². The zero-order valence-electron chi connectivity index (χ0n) is 14.0. The molecule has 0 amide bonds. The molecule has 23 heavy (non-hydrogen) atoms. The third kappa shape index (κ3) is 4.53. The van der Waals surface area contributed by atoms with Gasteiger partial charge in [0.2, 0.25) is 0 Å². The lowest BCUT2D eigenvalue weighted by atomic mass is 10.1. The molecule has 5 nitrogen and oxygen atoms in total. The molecule has 124 valence electrons. The quantitative estimate of drug-likeness (QED) is 0.811. The van der Waals surface area contributed by atoms with E-state index in [9.17, 15) is 0 Å². The summed E-state index contributed by atoms with van der Waals surface area (Å²) in [5, 5.41) is 3.40. The van der Waals surface area contributed by atoms with E-state index >= 15 is 0 Å². The molecule has 0 radical (unpaired) electrons. The fourth-order valence-corrected chi connectivity index (χ4v) is 2.31. The maximum atomic E-state index is 5.40. The molecule has 2 rings (SSSR count). The minimum atomic E-state index is 0.687. The number of benzene rings is 2. The molecule has 0 aromatic heterocycles. The summed E-state index contributed by atoms with van der Waals surface area (Å²) in [5.74, 6) is 3.15. The van der Waals surface area contributed by atoms with Gasteiger partial charge in [-0.2, -0.15) is 0 Å². The Morgan fingerprint density at radius 1 is 0.696 bits per heavy atom. The Bertz CT molecular complexity index is 621. The average molecular weight is 317 g/mol. The van der Waals surface area contributed by atoms with Crippen LogP contribution in [0, 0.1) is 0 Å². The van der Waals surface area contributed by atoms with Gasteiger partial charge in [0, 0.05) is 30.8 Å². The summed E-state index contributed by atoms with van der Waals surface area (Å²) in [6, 6.07) is 11.6. The van der Waals surface area contributed by atoms with Crippen molar-refractivity contribution < 1.29 is 18.9 Å². The summed E-state index contributed by atoms with van der Waals surface area (Å²) >= 11 is 0. The molecule has 0 saturated heterocycles. The third-order valence-electron chi connectivity index (χ3n) is 3.55. The molecule has 0 heterocycles. The van der Waals surface area contributed by atoms with Crippen molar-refractivity contribution in [2.24, 2.45) is 0 Å². The van der Waals surface area contributed by atoms with E-state index in [-0.39, 0.29) is 0 Å². The SMILES string of the molecule is COc1cc(CNCc2ccc(OC)cc2OC)cc(OC)c1. The van der Waals surface area contributed by atoms with Crippen molar-refractivity contribution in [3.05, 3.63) is 47.5 Å². The first-order valence-corrected chi connectivity index (χ1v) is 7.33. The van der Waals surface area contributed by atoms with Crippen LogP contribution in [0.15, 0.2) is 36.4 Å². The fraction of sp³-hybridized carbons (Fsp3) is 0.333. The number of hydrogen-bond acceptors (Lipinski definition) is 5. The van der Waals surface area contributed by atoms with Gasteiger partial charge < -0.3 is 24.3 Å². The summed E-state index contributed by atoms with van der Waals surface area (Å²) < 4.78 is 21.2. The molecular formula is C18H23NO4. The minimum absolute atomic E-state index is 0.687. The Balaban J connectivity index is 2.02. The molecule has 0 spiro atoms. The second-order valence-electron chi connectivity index (χ2n) is 5.00. The van der Waals surface area contributed by atoms with Gasteiger partial charge in [0.25, 0.3) is 0 Å². The van der Waals surface area contributed by atoms with Crippen molar-refractivity contribution in [2.75, 3.05) is 28.4 Å². The molecule has 0 aliphatic rings. The Labute approximate surface area is 137 Å². The van der Waals surface area contributed by atoms with Gasteiger partial charge in [-0.05, 0) is 23.8 Å². The van der Waals surface area contributed by atoms with Gasteiger partial charge in [0.15, 0.2) is 0 Å². The molecule has 0 fully saturated rings. The summed E-state index contributed by atoms with van der Waals surface area (Å²) in [7, 11) is 6.59. The van der Waals surface area contributed by atoms with E-state index in [1.165, 1.54) is 0 Å². The van der Waals surface area contributed by atoms with Gasteiger partial charge in [0.1, 0.15) is 23.0 Å². The Hall–Kier alpha value is -2.40. The van der Waals surface area contributed by atoms with E-state index in [1.807, 2.05) is 36.4 Å². The lowest BCUT2D eigenvalue weighted by molar-refractivity contribution is 0.389. The van der Waals surface area contributed by atoms with Crippen molar-refractivity contribution in [3.8, 4) is 23.0 Å². The zero-order chi connectivity index (χ0) is 16.7. The molecule has 0 aliphatic heterocycles. The number of rotatable bonds is 8. The summed E-state index contributed by atoms with van der Waals surface area (Å²) in [6.45, 7) is 1.38. The summed E-state index contributed by atoms with van der Waals surface area (Å²) in [4.78, 5) is 0. The molecule has 2 aromatic rings. The number of methoxy groups -OCH3 is 4. The van der Waals surface area contributed by atoms with E-state index in [0.29, 0.717) is 13.1 Å². The molecule has 2 aromatic carbocycles. The highest BCUT2D eigenvalue weighted by atomic mass is 16.5. The third-order valence-corrected chi connectivity index (χ3v) is 3.55. The lowest BCUT2D eigenvalue weighted by Crippen LogP contribution is -2.13. The number of ether oxygens (including phenoxy) is 4.